The third-order valence-corrected chi connectivity index (χ3v) is 6.96. The summed E-state index contributed by atoms with van der Waals surface area (Å²) < 4.78 is 0. The third kappa shape index (κ3) is 3.07. The molecule has 1 N–H and O–H groups in total. The highest BCUT2D eigenvalue weighted by atomic mass is 15.9. The van der Waals surface area contributed by atoms with E-state index in [0.29, 0.717) is 5.41 Å². The van der Waals surface area contributed by atoms with Crippen LogP contribution in [0.2, 0.25) is 0 Å². The first-order valence-electron chi connectivity index (χ1n) is 11.2. The average molecular weight is 351 g/mol. The number of nitrogens with one attached hydrogen (secondary N) is 1. The molecule has 3 fully saturated rings. The first kappa shape index (κ1) is 19.6. The summed E-state index contributed by atoms with van der Waals surface area (Å²) in [6.45, 7) is 17.0. The molecule has 0 aromatic carbocycles. The standard InChI is InChI=1S/C21H42N4/c1-6-11-19(10-5,12-7-2)21(23-15-16-23,24-17-18-24)25-20(22-25,13-8-3)14-9-4/h22H,6-18H2,1-5H3. The van der Waals surface area contributed by atoms with Gasteiger partial charge in [0.25, 0.3) is 0 Å². The molecule has 0 bridgehead atoms. The summed E-state index contributed by atoms with van der Waals surface area (Å²) in [7, 11) is 0. The van der Waals surface area contributed by atoms with Crippen molar-refractivity contribution in [3.63, 3.8) is 0 Å². The number of hydrazine groups is 1. The highest BCUT2D eigenvalue weighted by Gasteiger charge is 2.73. The second kappa shape index (κ2) is 7.46. The van der Waals surface area contributed by atoms with Gasteiger partial charge in [-0.3, -0.25) is 9.80 Å². The van der Waals surface area contributed by atoms with Crippen LogP contribution >= 0.6 is 0 Å². The van der Waals surface area contributed by atoms with Crippen LogP contribution in [0.1, 0.15) is 92.4 Å². The van der Waals surface area contributed by atoms with Crippen molar-refractivity contribution < 1.29 is 0 Å². The first-order chi connectivity index (χ1) is 12.1. The topological polar surface area (TPSA) is 31.0 Å². The van der Waals surface area contributed by atoms with Gasteiger partial charge in [-0.1, -0.05) is 60.3 Å². The van der Waals surface area contributed by atoms with Crippen LogP contribution in [0, 0.1) is 5.41 Å². The Morgan fingerprint density at radius 2 is 1.24 bits per heavy atom. The van der Waals surface area contributed by atoms with Crippen LogP contribution in [-0.4, -0.2) is 52.4 Å². The Hall–Kier alpha value is -0.160. The minimum atomic E-state index is 0.123. The molecular formula is C21H42N4. The van der Waals surface area contributed by atoms with E-state index in [1.807, 2.05) is 0 Å². The van der Waals surface area contributed by atoms with Gasteiger partial charge in [-0.25, -0.2) is 5.43 Å². The summed E-state index contributed by atoms with van der Waals surface area (Å²) in [5.74, 6) is 0.123. The van der Waals surface area contributed by atoms with Crippen LogP contribution in [0.4, 0.5) is 0 Å². The molecule has 1 unspecified atom stereocenters. The largest absolute Gasteiger partial charge is 0.269 e. The minimum Gasteiger partial charge on any atom is -0.269 e. The number of hydrogen-bond acceptors (Lipinski definition) is 4. The van der Waals surface area contributed by atoms with Gasteiger partial charge in [0.05, 0.1) is 0 Å². The fourth-order valence-electron chi connectivity index (χ4n) is 5.97. The Balaban J connectivity index is 2.02. The number of nitrogens with zero attached hydrogens (tertiary/aromatic N) is 3. The molecule has 3 aliphatic heterocycles. The smallest absolute Gasteiger partial charge is 0.151 e. The lowest BCUT2D eigenvalue weighted by molar-refractivity contribution is -0.154. The Morgan fingerprint density at radius 3 is 1.56 bits per heavy atom. The fourth-order valence-corrected chi connectivity index (χ4v) is 5.97. The molecular weight excluding hydrogens is 308 g/mol. The molecule has 1 atom stereocenters. The maximum absolute atomic E-state index is 3.97. The van der Waals surface area contributed by atoms with Crippen molar-refractivity contribution in [3.8, 4) is 0 Å². The molecule has 3 rings (SSSR count). The molecule has 146 valence electrons. The molecule has 0 aromatic rings. The second-order valence-corrected chi connectivity index (χ2v) is 8.72. The van der Waals surface area contributed by atoms with Crippen LogP contribution in [0.25, 0.3) is 0 Å². The zero-order chi connectivity index (χ0) is 18.1. The quantitative estimate of drug-likeness (QED) is 0.499. The summed E-state index contributed by atoms with van der Waals surface area (Å²) in [5.41, 5.74) is 4.60. The molecule has 4 heteroatoms. The summed E-state index contributed by atoms with van der Waals surface area (Å²) in [6.07, 6.45) is 11.6. The summed E-state index contributed by atoms with van der Waals surface area (Å²) in [6, 6.07) is 0. The van der Waals surface area contributed by atoms with E-state index >= 15 is 0 Å². The predicted molar refractivity (Wildman–Crippen MR) is 106 cm³/mol. The Bertz CT molecular complexity index is 417. The zero-order valence-corrected chi connectivity index (χ0v) is 17.5. The Morgan fingerprint density at radius 1 is 0.760 bits per heavy atom. The predicted octanol–water partition coefficient (Wildman–Crippen LogP) is 4.38. The van der Waals surface area contributed by atoms with Crippen molar-refractivity contribution in [1.82, 2.24) is 20.2 Å². The lowest BCUT2D eigenvalue weighted by Crippen LogP contribution is -2.66. The van der Waals surface area contributed by atoms with Gasteiger partial charge in [-0.05, 0) is 32.1 Å². The van der Waals surface area contributed by atoms with Crippen LogP contribution in [0.3, 0.4) is 0 Å². The molecule has 0 amide bonds. The lowest BCUT2D eigenvalue weighted by atomic mass is 9.69. The van der Waals surface area contributed by atoms with Crippen molar-refractivity contribution in [3.05, 3.63) is 0 Å². The van der Waals surface area contributed by atoms with Gasteiger partial charge in [0, 0.05) is 31.6 Å². The third-order valence-electron chi connectivity index (χ3n) is 6.96. The van der Waals surface area contributed by atoms with Crippen molar-refractivity contribution in [2.24, 2.45) is 5.41 Å². The van der Waals surface area contributed by atoms with Crippen LogP contribution in [0.5, 0.6) is 0 Å². The molecule has 4 nitrogen and oxygen atoms in total. The van der Waals surface area contributed by atoms with Crippen LogP contribution in [0.15, 0.2) is 0 Å². The molecule has 0 spiro atoms. The second-order valence-electron chi connectivity index (χ2n) is 8.72. The lowest BCUT2D eigenvalue weighted by Gasteiger charge is -2.54. The SMILES string of the molecule is CCCC1(CCC)NN1C(N1CC1)(N1CC1)C(CC)(CCC)CCC. The van der Waals surface area contributed by atoms with Crippen molar-refractivity contribution in [2.75, 3.05) is 26.2 Å². The summed E-state index contributed by atoms with van der Waals surface area (Å²) in [5, 5.41) is 2.77. The van der Waals surface area contributed by atoms with Gasteiger partial charge in [0.15, 0.2) is 5.79 Å². The van der Waals surface area contributed by atoms with E-state index in [4.69, 9.17) is 0 Å². The Labute approximate surface area is 156 Å². The molecule has 0 radical (unpaired) electrons. The number of hydrogen-bond donors (Lipinski definition) is 1. The summed E-state index contributed by atoms with van der Waals surface area (Å²) in [4.78, 5) is 5.60. The van der Waals surface area contributed by atoms with Gasteiger partial charge in [-0.2, -0.15) is 5.01 Å². The van der Waals surface area contributed by atoms with Crippen molar-refractivity contribution >= 4 is 0 Å². The highest BCUT2D eigenvalue weighted by Crippen LogP contribution is 2.59. The molecule has 3 aliphatic rings. The van der Waals surface area contributed by atoms with Gasteiger partial charge in [0.1, 0.15) is 5.66 Å². The van der Waals surface area contributed by atoms with E-state index in [2.05, 4.69) is 54.9 Å². The van der Waals surface area contributed by atoms with E-state index in [1.165, 1.54) is 84.0 Å². The fraction of sp³-hybridized carbons (Fsp3) is 1.00. The maximum Gasteiger partial charge on any atom is 0.151 e. The van der Waals surface area contributed by atoms with E-state index < -0.39 is 0 Å². The van der Waals surface area contributed by atoms with Gasteiger partial charge in [0.2, 0.25) is 0 Å². The molecule has 0 saturated carbocycles. The van der Waals surface area contributed by atoms with Gasteiger partial charge < -0.3 is 0 Å². The summed E-state index contributed by atoms with van der Waals surface area (Å²) >= 11 is 0. The molecule has 0 aromatic heterocycles. The molecule has 3 saturated heterocycles. The van der Waals surface area contributed by atoms with E-state index in [-0.39, 0.29) is 11.4 Å². The molecule has 3 heterocycles. The monoisotopic (exact) mass is 350 g/mol. The molecule has 25 heavy (non-hydrogen) atoms. The zero-order valence-electron chi connectivity index (χ0n) is 17.5. The normalized spacial score (nSPS) is 26.0. The highest BCUT2D eigenvalue weighted by molar-refractivity contribution is 5.18. The van der Waals surface area contributed by atoms with Gasteiger partial charge >= 0.3 is 0 Å². The average Bonchev–Trinajstić information content (AvgIpc) is 3.44. The van der Waals surface area contributed by atoms with E-state index in [1.54, 1.807) is 0 Å². The molecule has 0 aliphatic carbocycles. The van der Waals surface area contributed by atoms with Gasteiger partial charge in [-0.15, -0.1) is 0 Å². The van der Waals surface area contributed by atoms with Crippen LogP contribution in [-0.2, 0) is 0 Å². The van der Waals surface area contributed by atoms with E-state index in [0.717, 1.165) is 0 Å². The van der Waals surface area contributed by atoms with E-state index in [9.17, 15) is 0 Å². The minimum absolute atomic E-state index is 0.123. The first-order valence-corrected chi connectivity index (χ1v) is 11.2. The van der Waals surface area contributed by atoms with Crippen molar-refractivity contribution in [1.29, 1.82) is 0 Å². The van der Waals surface area contributed by atoms with Crippen molar-refractivity contribution in [2.45, 2.75) is 104 Å². The maximum atomic E-state index is 3.97. The number of rotatable bonds is 13. The Kier molecular flexibility index (Phi) is 5.85. The van der Waals surface area contributed by atoms with Crippen LogP contribution < -0.4 is 5.43 Å².